The van der Waals surface area contributed by atoms with E-state index in [1.807, 2.05) is 7.05 Å². The molecule has 166 valence electrons. The molecule has 2 fully saturated rings. The molecule has 2 aliphatic rings. The molecule has 1 heterocycles. The number of hydrogen-bond donors (Lipinski definition) is 2. The highest BCUT2D eigenvalue weighted by Gasteiger charge is 2.45. The van der Waals surface area contributed by atoms with Gasteiger partial charge in [-0.25, -0.2) is 0 Å². The Labute approximate surface area is 187 Å². The largest absolute Gasteiger partial charge is 0.352 e. The van der Waals surface area contributed by atoms with E-state index < -0.39 is 0 Å². The van der Waals surface area contributed by atoms with Gasteiger partial charge >= 0.3 is 0 Å². The summed E-state index contributed by atoms with van der Waals surface area (Å²) in [4.78, 5) is 15.6. The average molecular weight is 420 g/mol. The van der Waals surface area contributed by atoms with Gasteiger partial charge in [0.1, 0.15) is 0 Å². The zero-order valence-electron chi connectivity index (χ0n) is 19.1. The van der Waals surface area contributed by atoms with Crippen LogP contribution in [0.25, 0.3) is 0 Å². The summed E-state index contributed by atoms with van der Waals surface area (Å²) in [6, 6.07) is 22.2. The lowest BCUT2D eigenvalue weighted by atomic mass is 9.96. The van der Waals surface area contributed by atoms with Crippen molar-refractivity contribution in [3.8, 4) is 0 Å². The van der Waals surface area contributed by atoms with Crippen molar-refractivity contribution in [2.75, 3.05) is 20.1 Å². The number of nitrogens with zero attached hydrogens (tertiary/aromatic N) is 1. The molecule has 0 spiro atoms. The first-order valence-corrected chi connectivity index (χ1v) is 11.9. The Balaban J connectivity index is 1.48. The summed E-state index contributed by atoms with van der Waals surface area (Å²) in [5, 5.41) is 6.63. The van der Waals surface area contributed by atoms with Crippen LogP contribution in [0.4, 0.5) is 0 Å². The van der Waals surface area contributed by atoms with E-state index in [4.69, 9.17) is 0 Å². The van der Waals surface area contributed by atoms with Gasteiger partial charge in [-0.2, -0.15) is 0 Å². The third-order valence-electron chi connectivity index (χ3n) is 7.18. The van der Waals surface area contributed by atoms with E-state index in [0.29, 0.717) is 17.8 Å². The lowest BCUT2D eigenvalue weighted by molar-refractivity contribution is -0.124. The molecule has 1 saturated heterocycles. The number of nitrogens with one attached hydrogen (secondary N) is 2. The summed E-state index contributed by atoms with van der Waals surface area (Å²) in [5.74, 6) is 1.87. The van der Waals surface area contributed by atoms with Gasteiger partial charge in [-0.15, -0.1) is 0 Å². The highest BCUT2D eigenvalue weighted by Crippen LogP contribution is 2.43. The van der Waals surface area contributed by atoms with Crippen LogP contribution in [0.2, 0.25) is 0 Å². The van der Waals surface area contributed by atoms with Crippen LogP contribution >= 0.6 is 0 Å². The molecule has 1 amide bonds. The minimum absolute atomic E-state index is 0.0991. The van der Waals surface area contributed by atoms with Crippen molar-refractivity contribution in [1.82, 2.24) is 15.5 Å². The molecule has 4 nitrogen and oxygen atoms in total. The molecule has 2 aromatic carbocycles. The topological polar surface area (TPSA) is 44.4 Å². The number of hydrogen-bond acceptors (Lipinski definition) is 3. The monoisotopic (exact) mass is 419 g/mol. The molecule has 0 bridgehead atoms. The normalized spacial score (nSPS) is 24.5. The maximum atomic E-state index is 12.9. The number of fused-ring (bicyclic) bond motifs is 1. The average Bonchev–Trinajstić information content (AvgIpc) is 3.35. The molecule has 0 aromatic heterocycles. The maximum absolute atomic E-state index is 12.9. The molecule has 4 rings (SSSR count). The van der Waals surface area contributed by atoms with Gasteiger partial charge in [0.05, 0.1) is 12.1 Å². The summed E-state index contributed by atoms with van der Waals surface area (Å²) in [6.07, 6.45) is 3.19. The van der Waals surface area contributed by atoms with E-state index in [-0.39, 0.29) is 24.0 Å². The minimum Gasteiger partial charge on any atom is -0.352 e. The van der Waals surface area contributed by atoms with Gasteiger partial charge in [0.25, 0.3) is 0 Å². The Morgan fingerprint density at radius 1 is 0.968 bits per heavy atom. The molecule has 31 heavy (non-hydrogen) atoms. The van der Waals surface area contributed by atoms with Crippen LogP contribution in [0.15, 0.2) is 60.7 Å². The molecule has 0 radical (unpaired) electrons. The standard InChI is InChI=1S/C27H37N3O/c1-19(2)16-25(28-3)27(31)29-24-15-14-22-17-30(18-23(22)24)26(20-10-6-4-7-11-20)21-12-8-5-9-13-21/h4-13,19,22-26,28H,14-18H2,1-3H3,(H,29,31)/t22-,23?,24?,25-/m0/s1. The molecule has 1 aliphatic heterocycles. The predicted octanol–water partition coefficient (Wildman–Crippen LogP) is 4.24. The van der Waals surface area contributed by atoms with Gasteiger partial charge in [0.15, 0.2) is 0 Å². The summed E-state index contributed by atoms with van der Waals surface area (Å²) in [6.45, 7) is 6.49. The maximum Gasteiger partial charge on any atom is 0.237 e. The fourth-order valence-corrected chi connectivity index (χ4v) is 5.69. The Morgan fingerprint density at radius 3 is 2.13 bits per heavy atom. The number of benzene rings is 2. The van der Waals surface area contributed by atoms with Crippen LogP contribution in [-0.4, -0.2) is 43.0 Å². The van der Waals surface area contributed by atoms with Crippen molar-refractivity contribution in [2.24, 2.45) is 17.8 Å². The SMILES string of the molecule is CN[C@@H](CC(C)C)C(=O)NC1CC[C@H]2CN(C(c3ccccc3)c3ccccc3)CC12. The smallest absolute Gasteiger partial charge is 0.237 e. The molecular weight excluding hydrogens is 382 g/mol. The van der Waals surface area contributed by atoms with Gasteiger partial charge in [0.2, 0.25) is 5.91 Å². The van der Waals surface area contributed by atoms with Crippen molar-refractivity contribution in [1.29, 1.82) is 0 Å². The van der Waals surface area contributed by atoms with Gasteiger partial charge in [-0.05, 0) is 55.2 Å². The molecular formula is C27H37N3O. The van der Waals surface area contributed by atoms with Gasteiger partial charge in [0, 0.05) is 19.1 Å². The summed E-state index contributed by atoms with van der Waals surface area (Å²) >= 11 is 0. The predicted molar refractivity (Wildman–Crippen MR) is 127 cm³/mol. The van der Waals surface area contributed by atoms with E-state index in [1.54, 1.807) is 0 Å². The van der Waals surface area contributed by atoms with Gasteiger partial charge in [-0.1, -0.05) is 74.5 Å². The second-order valence-electron chi connectivity index (χ2n) is 9.76. The van der Waals surface area contributed by atoms with Crippen molar-refractivity contribution in [3.63, 3.8) is 0 Å². The van der Waals surface area contributed by atoms with Crippen LogP contribution in [0.3, 0.4) is 0 Å². The van der Waals surface area contributed by atoms with E-state index in [9.17, 15) is 4.79 Å². The zero-order valence-corrected chi connectivity index (χ0v) is 19.1. The quantitative estimate of drug-likeness (QED) is 0.673. The third kappa shape index (κ3) is 5.02. The first-order valence-electron chi connectivity index (χ1n) is 11.9. The van der Waals surface area contributed by atoms with Crippen molar-refractivity contribution in [2.45, 2.75) is 51.2 Å². The number of carbonyl (C=O) groups excluding carboxylic acids is 1. The highest BCUT2D eigenvalue weighted by molar-refractivity contribution is 5.82. The second kappa shape index (κ2) is 9.97. The first-order chi connectivity index (χ1) is 15.1. The molecule has 1 saturated carbocycles. The van der Waals surface area contributed by atoms with E-state index >= 15 is 0 Å². The summed E-state index contributed by atoms with van der Waals surface area (Å²) in [7, 11) is 1.89. The number of amides is 1. The molecule has 2 N–H and O–H groups in total. The Morgan fingerprint density at radius 2 is 1.58 bits per heavy atom. The third-order valence-corrected chi connectivity index (χ3v) is 7.18. The molecule has 4 atom stereocenters. The van der Waals surface area contributed by atoms with Crippen molar-refractivity contribution in [3.05, 3.63) is 71.8 Å². The second-order valence-corrected chi connectivity index (χ2v) is 9.76. The Bertz CT molecular complexity index is 799. The molecule has 4 heteroatoms. The number of likely N-dealkylation sites (N-methyl/N-ethyl adjacent to an activating group) is 1. The van der Waals surface area contributed by atoms with Gasteiger partial charge in [-0.3, -0.25) is 9.69 Å². The zero-order chi connectivity index (χ0) is 21.8. The highest BCUT2D eigenvalue weighted by atomic mass is 16.2. The van der Waals surface area contributed by atoms with E-state index in [0.717, 1.165) is 25.9 Å². The molecule has 2 unspecified atom stereocenters. The van der Waals surface area contributed by atoms with Crippen LogP contribution in [0, 0.1) is 17.8 Å². The Kier molecular flexibility index (Phi) is 7.09. The summed E-state index contributed by atoms with van der Waals surface area (Å²) < 4.78 is 0. The summed E-state index contributed by atoms with van der Waals surface area (Å²) in [5.41, 5.74) is 2.70. The fourth-order valence-electron chi connectivity index (χ4n) is 5.69. The van der Waals surface area contributed by atoms with E-state index in [1.165, 1.54) is 17.5 Å². The lowest BCUT2D eigenvalue weighted by Gasteiger charge is -2.30. The number of carbonyl (C=O) groups is 1. The molecule has 2 aromatic rings. The molecule has 1 aliphatic carbocycles. The minimum atomic E-state index is -0.0991. The lowest BCUT2D eigenvalue weighted by Crippen LogP contribution is -2.49. The van der Waals surface area contributed by atoms with Crippen LogP contribution in [0.5, 0.6) is 0 Å². The van der Waals surface area contributed by atoms with Gasteiger partial charge < -0.3 is 10.6 Å². The van der Waals surface area contributed by atoms with Crippen LogP contribution in [-0.2, 0) is 4.79 Å². The number of likely N-dealkylation sites (tertiary alicyclic amines) is 1. The first kappa shape index (κ1) is 22.0. The number of rotatable bonds is 8. The van der Waals surface area contributed by atoms with Crippen molar-refractivity contribution >= 4 is 5.91 Å². The van der Waals surface area contributed by atoms with Crippen LogP contribution in [0.1, 0.15) is 50.3 Å². The Hall–Kier alpha value is -2.17. The van der Waals surface area contributed by atoms with E-state index in [2.05, 4.69) is 90.0 Å². The van der Waals surface area contributed by atoms with Crippen LogP contribution < -0.4 is 10.6 Å². The van der Waals surface area contributed by atoms with Crippen molar-refractivity contribution < 1.29 is 4.79 Å². The fraction of sp³-hybridized carbons (Fsp3) is 0.519.